The molecule has 2 aromatic heterocycles. The fourth-order valence-electron chi connectivity index (χ4n) is 3.68. The average Bonchev–Trinajstić information content (AvgIpc) is 3.13. The Morgan fingerprint density at radius 3 is 2.57 bits per heavy atom. The number of nitrogens with two attached hydrogens (primary N) is 1. The van der Waals surface area contributed by atoms with Gasteiger partial charge in [0.15, 0.2) is 0 Å². The van der Waals surface area contributed by atoms with E-state index in [1.807, 2.05) is 0 Å². The molecule has 0 spiro atoms. The lowest BCUT2D eigenvalue weighted by molar-refractivity contribution is -0.141. The number of fused-ring (bicyclic) bond motifs is 1. The zero-order chi connectivity index (χ0) is 19.1. The SMILES string of the molecule is Cl.NC1(C(=O)N2CCN(S(=O)(=O)c3c[nH]c4ncccc34)CC2)CCOCC1. The number of halogens is 1. The third-order valence-electron chi connectivity index (χ3n) is 5.37. The predicted octanol–water partition coefficient (Wildman–Crippen LogP) is 0.326. The summed E-state index contributed by atoms with van der Waals surface area (Å²) in [5.74, 6) is -0.112. The number of nitrogens with one attached hydrogen (secondary N) is 1. The number of sulfonamides is 1. The second-order valence-corrected chi connectivity index (χ2v) is 8.92. The van der Waals surface area contributed by atoms with Gasteiger partial charge in [0.25, 0.3) is 0 Å². The average molecular weight is 430 g/mol. The largest absolute Gasteiger partial charge is 0.381 e. The van der Waals surface area contributed by atoms with E-state index in [2.05, 4.69) is 9.97 Å². The van der Waals surface area contributed by atoms with E-state index < -0.39 is 15.6 Å². The van der Waals surface area contributed by atoms with E-state index in [1.54, 1.807) is 23.2 Å². The highest BCUT2D eigenvalue weighted by atomic mass is 35.5. The standard InChI is InChI=1S/C17H23N5O4S.ClH/c18-17(3-10-26-11-4-17)16(23)21-6-8-22(9-7-21)27(24,25)14-12-20-15-13(14)2-1-5-19-15;/h1-2,5,12H,3-4,6-11,18H2,(H,19,20);1H. The highest BCUT2D eigenvalue weighted by Gasteiger charge is 2.41. The van der Waals surface area contributed by atoms with Crippen molar-refractivity contribution in [2.45, 2.75) is 23.3 Å². The van der Waals surface area contributed by atoms with Crippen LogP contribution >= 0.6 is 12.4 Å². The Bertz CT molecular complexity index is 949. The van der Waals surface area contributed by atoms with Crippen LogP contribution in [0.3, 0.4) is 0 Å². The first-order chi connectivity index (χ1) is 12.9. The van der Waals surface area contributed by atoms with Gasteiger partial charge in [0.05, 0.1) is 5.54 Å². The van der Waals surface area contributed by atoms with Crippen LogP contribution in [0.5, 0.6) is 0 Å². The number of aromatic amines is 1. The van der Waals surface area contributed by atoms with Gasteiger partial charge in [-0.05, 0) is 25.0 Å². The van der Waals surface area contributed by atoms with E-state index in [1.165, 1.54) is 10.5 Å². The third kappa shape index (κ3) is 3.62. The summed E-state index contributed by atoms with van der Waals surface area (Å²) in [6.45, 7) is 2.11. The van der Waals surface area contributed by atoms with Crippen molar-refractivity contribution in [1.82, 2.24) is 19.2 Å². The second kappa shape index (κ2) is 7.96. The number of H-pyrrole nitrogens is 1. The van der Waals surface area contributed by atoms with Gasteiger partial charge in [0.2, 0.25) is 15.9 Å². The molecule has 4 heterocycles. The molecular formula is C17H24ClN5O4S. The molecule has 0 aliphatic carbocycles. The molecule has 2 saturated heterocycles. The lowest BCUT2D eigenvalue weighted by atomic mass is 9.89. The number of aromatic nitrogens is 2. The number of hydrogen-bond donors (Lipinski definition) is 2. The maximum atomic E-state index is 13.0. The smallest absolute Gasteiger partial charge is 0.245 e. The molecule has 0 aromatic carbocycles. The Hall–Kier alpha value is -1.72. The molecule has 2 fully saturated rings. The van der Waals surface area contributed by atoms with Gasteiger partial charge in [-0.25, -0.2) is 13.4 Å². The molecule has 154 valence electrons. The topological polar surface area (TPSA) is 122 Å². The quantitative estimate of drug-likeness (QED) is 0.724. The van der Waals surface area contributed by atoms with Gasteiger partial charge in [-0.3, -0.25) is 4.79 Å². The molecule has 28 heavy (non-hydrogen) atoms. The molecule has 0 bridgehead atoms. The zero-order valence-corrected chi connectivity index (χ0v) is 17.0. The normalized spacial score (nSPS) is 20.7. The summed E-state index contributed by atoms with van der Waals surface area (Å²) in [6.07, 6.45) is 4.07. The maximum absolute atomic E-state index is 13.0. The van der Waals surface area contributed by atoms with Crippen molar-refractivity contribution < 1.29 is 17.9 Å². The van der Waals surface area contributed by atoms with Crippen LogP contribution < -0.4 is 5.73 Å². The number of carbonyl (C=O) groups excluding carboxylic acids is 1. The van der Waals surface area contributed by atoms with Crippen LogP contribution in [-0.4, -0.2) is 78.4 Å². The minimum absolute atomic E-state index is 0. The molecule has 2 aliphatic heterocycles. The molecule has 0 atom stereocenters. The highest BCUT2D eigenvalue weighted by Crippen LogP contribution is 2.26. The van der Waals surface area contributed by atoms with Gasteiger partial charge in [-0.1, -0.05) is 0 Å². The van der Waals surface area contributed by atoms with Gasteiger partial charge in [-0.2, -0.15) is 4.31 Å². The number of piperazine rings is 1. The Labute approximate surface area is 169 Å². The molecule has 0 unspecified atom stereocenters. The van der Waals surface area contributed by atoms with Gasteiger partial charge >= 0.3 is 0 Å². The fourth-order valence-corrected chi connectivity index (χ4v) is 5.25. The van der Waals surface area contributed by atoms with Crippen LogP contribution in [-0.2, 0) is 19.6 Å². The molecule has 2 aliphatic rings. The van der Waals surface area contributed by atoms with Gasteiger partial charge < -0.3 is 20.4 Å². The Morgan fingerprint density at radius 1 is 1.21 bits per heavy atom. The van der Waals surface area contributed by atoms with Crippen molar-refractivity contribution in [2.24, 2.45) is 5.73 Å². The van der Waals surface area contributed by atoms with Crippen LogP contribution in [0.1, 0.15) is 12.8 Å². The predicted molar refractivity (Wildman–Crippen MR) is 106 cm³/mol. The van der Waals surface area contributed by atoms with Crippen molar-refractivity contribution in [2.75, 3.05) is 39.4 Å². The Morgan fingerprint density at radius 2 is 1.89 bits per heavy atom. The number of amides is 1. The first kappa shape index (κ1) is 21.0. The van der Waals surface area contributed by atoms with Crippen molar-refractivity contribution in [3.63, 3.8) is 0 Å². The molecule has 0 saturated carbocycles. The van der Waals surface area contributed by atoms with Gasteiger partial charge in [0, 0.05) is 57.2 Å². The molecule has 3 N–H and O–H groups in total. The van der Waals surface area contributed by atoms with E-state index in [4.69, 9.17) is 10.5 Å². The number of rotatable bonds is 3. The molecule has 4 rings (SSSR count). The lowest BCUT2D eigenvalue weighted by Crippen LogP contribution is -2.61. The van der Waals surface area contributed by atoms with Crippen LogP contribution in [0.2, 0.25) is 0 Å². The van der Waals surface area contributed by atoms with Gasteiger partial charge in [0.1, 0.15) is 10.5 Å². The van der Waals surface area contributed by atoms with Crippen LogP contribution in [0, 0.1) is 0 Å². The van der Waals surface area contributed by atoms with Crippen LogP contribution in [0.4, 0.5) is 0 Å². The van der Waals surface area contributed by atoms with E-state index in [0.29, 0.717) is 50.2 Å². The van der Waals surface area contributed by atoms with Crippen LogP contribution in [0.15, 0.2) is 29.4 Å². The summed E-state index contributed by atoms with van der Waals surface area (Å²) in [5.41, 5.74) is 5.91. The monoisotopic (exact) mass is 429 g/mol. The number of hydrogen-bond acceptors (Lipinski definition) is 6. The summed E-state index contributed by atoms with van der Waals surface area (Å²) >= 11 is 0. The first-order valence-corrected chi connectivity index (χ1v) is 10.4. The van der Waals surface area contributed by atoms with Crippen molar-refractivity contribution in [3.05, 3.63) is 24.5 Å². The molecular weight excluding hydrogens is 406 g/mol. The molecule has 11 heteroatoms. The van der Waals surface area contributed by atoms with Crippen molar-refractivity contribution >= 4 is 39.4 Å². The summed E-state index contributed by atoms with van der Waals surface area (Å²) in [7, 11) is -3.66. The molecule has 2 aromatic rings. The summed E-state index contributed by atoms with van der Waals surface area (Å²) < 4.78 is 32.8. The Balaban J connectivity index is 0.00000225. The lowest BCUT2D eigenvalue weighted by Gasteiger charge is -2.40. The number of nitrogens with zero attached hydrogens (tertiary/aromatic N) is 3. The summed E-state index contributed by atoms with van der Waals surface area (Å²) in [4.78, 5) is 21.7. The van der Waals surface area contributed by atoms with E-state index in [-0.39, 0.29) is 36.3 Å². The second-order valence-electron chi connectivity index (χ2n) is 7.02. The molecule has 1 amide bonds. The van der Waals surface area contributed by atoms with Gasteiger partial charge in [-0.15, -0.1) is 12.4 Å². The van der Waals surface area contributed by atoms with Crippen molar-refractivity contribution in [3.8, 4) is 0 Å². The van der Waals surface area contributed by atoms with E-state index in [9.17, 15) is 13.2 Å². The maximum Gasteiger partial charge on any atom is 0.245 e. The third-order valence-corrected chi connectivity index (χ3v) is 7.31. The summed E-state index contributed by atoms with van der Waals surface area (Å²) in [5, 5.41) is 0.569. The number of ether oxygens (including phenoxy) is 1. The minimum Gasteiger partial charge on any atom is -0.381 e. The van der Waals surface area contributed by atoms with Crippen molar-refractivity contribution in [1.29, 1.82) is 0 Å². The minimum atomic E-state index is -3.66. The number of carbonyl (C=O) groups is 1. The molecule has 0 radical (unpaired) electrons. The van der Waals surface area contributed by atoms with E-state index in [0.717, 1.165) is 0 Å². The highest BCUT2D eigenvalue weighted by molar-refractivity contribution is 7.89. The zero-order valence-electron chi connectivity index (χ0n) is 15.3. The Kier molecular flexibility index (Phi) is 5.97. The molecule has 9 nitrogen and oxygen atoms in total. The van der Waals surface area contributed by atoms with Crippen LogP contribution in [0.25, 0.3) is 11.0 Å². The number of pyridine rings is 1. The summed E-state index contributed by atoms with van der Waals surface area (Å²) in [6, 6.07) is 3.44. The first-order valence-electron chi connectivity index (χ1n) is 9.00. The van der Waals surface area contributed by atoms with E-state index >= 15 is 0 Å². The fraction of sp³-hybridized carbons (Fsp3) is 0.529.